The average Bonchev–Trinajstić information content (AvgIpc) is 3.68. The first-order chi connectivity index (χ1) is 19.6. The van der Waals surface area contributed by atoms with Crippen molar-refractivity contribution in [3.05, 3.63) is 115 Å². The molecule has 0 bridgehead atoms. The number of benzene rings is 2. The Bertz CT molecular complexity index is 2090. The van der Waals surface area contributed by atoms with Crippen LogP contribution in [0, 0.1) is 19.0 Å². The lowest BCUT2D eigenvalue weighted by molar-refractivity contribution is 0.532. The SMILES string of the molecule is CC(C)(c1ccc2oc(=S)n(C(=S)c3ccco3)c(=S)c2c1)c1ccc2oc(=S)n(C(=S)c3ccco3)c(=S)c2c1. The Labute approximate surface area is 264 Å². The molecule has 6 rings (SSSR count). The molecule has 4 heterocycles. The van der Waals surface area contributed by atoms with E-state index in [0.29, 0.717) is 52.7 Å². The van der Waals surface area contributed by atoms with Crippen LogP contribution in [0.15, 0.2) is 90.9 Å². The maximum atomic E-state index is 5.94. The van der Waals surface area contributed by atoms with Crippen molar-refractivity contribution in [2.45, 2.75) is 19.3 Å². The first kappa shape index (κ1) is 27.9. The van der Waals surface area contributed by atoms with E-state index in [9.17, 15) is 0 Å². The summed E-state index contributed by atoms with van der Waals surface area (Å²) < 4.78 is 26.8. The number of nitrogens with zero attached hydrogens (tertiary/aromatic N) is 2. The van der Waals surface area contributed by atoms with Gasteiger partial charge in [-0.05, 0) is 84.1 Å². The van der Waals surface area contributed by atoms with Gasteiger partial charge in [0.1, 0.15) is 20.4 Å². The van der Waals surface area contributed by atoms with Crippen LogP contribution in [0.1, 0.15) is 36.5 Å². The van der Waals surface area contributed by atoms with Crippen molar-refractivity contribution in [3.8, 4) is 0 Å². The quantitative estimate of drug-likeness (QED) is 0.172. The summed E-state index contributed by atoms with van der Waals surface area (Å²) in [5.41, 5.74) is 2.62. The summed E-state index contributed by atoms with van der Waals surface area (Å²) in [6.07, 6.45) is 3.08. The molecule has 0 atom stereocenters. The summed E-state index contributed by atoms with van der Waals surface area (Å²) in [5, 5.41) is 1.40. The van der Waals surface area contributed by atoms with E-state index in [1.165, 1.54) is 9.13 Å². The van der Waals surface area contributed by atoms with Crippen molar-refractivity contribution in [1.82, 2.24) is 9.13 Å². The van der Waals surface area contributed by atoms with Crippen LogP contribution in [0.3, 0.4) is 0 Å². The molecular formula is C29H18N2O4S6. The second-order valence-electron chi connectivity index (χ2n) is 9.63. The lowest BCUT2D eigenvalue weighted by Gasteiger charge is -2.27. The Balaban J connectivity index is 1.48. The first-order valence-corrected chi connectivity index (χ1v) is 14.6. The van der Waals surface area contributed by atoms with Crippen LogP contribution in [-0.2, 0) is 5.41 Å². The molecule has 0 radical (unpaired) electrons. The second-order valence-corrected chi connectivity index (χ2v) is 11.9. The zero-order valence-electron chi connectivity index (χ0n) is 21.4. The lowest BCUT2D eigenvalue weighted by Crippen LogP contribution is -2.19. The van der Waals surface area contributed by atoms with Crippen molar-refractivity contribution >= 4 is 105 Å². The van der Waals surface area contributed by atoms with Crippen molar-refractivity contribution in [2.24, 2.45) is 0 Å². The monoisotopic (exact) mass is 650 g/mol. The average molecular weight is 651 g/mol. The predicted molar refractivity (Wildman–Crippen MR) is 175 cm³/mol. The van der Waals surface area contributed by atoms with Gasteiger partial charge >= 0.3 is 0 Å². The molecule has 0 aliphatic heterocycles. The largest absolute Gasteiger partial charge is 0.462 e. The minimum atomic E-state index is -0.482. The van der Waals surface area contributed by atoms with Gasteiger partial charge in [-0.15, -0.1) is 0 Å². The molecule has 0 fully saturated rings. The van der Waals surface area contributed by atoms with E-state index in [1.54, 1.807) is 36.8 Å². The third-order valence-corrected chi connectivity index (χ3v) is 9.00. The number of hydrogen-bond acceptors (Lipinski definition) is 10. The predicted octanol–water partition coefficient (Wildman–Crippen LogP) is 9.66. The fourth-order valence-electron chi connectivity index (χ4n) is 4.57. The standard InChI is InChI=1S/C29H18N2O4S6/c1-29(2,15-7-9-19-17(13-15)23(36)30(27(40)34-19)25(38)21-5-3-11-32-21)16-8-10-20-18(14-16)24(37)31(28(41)35-20)26(39)22-6-4-12-33-22/h3-14H,1-2H3. The van der Waals surface area contributed by atoms with Gasteiger partial charge in [-0.3, -0.25) is 0 Å². The number of aromatic nitrogens is 2. The summed E-state index contributed by atoms with van der Waals surface area (Å²) in [6.45, 7) is 4.23. The fraction of sp³-hybridized carbons (Fsp3) is 0.103. The highest BCUT2D eigenvalue weighted by molar-refractivity contribution is 7.81. The normalized spacial score (nSPS) is 11.8. The van der Waals surface area contributed by atoms with Gasteiger partial charge in [0.25, 0.3) is 9.67 Å². The van der Waals surface area contributed by atoms with E-state index in [-0.39, 0.29) is 9.67 Å². The van der Waals surface area contributed by atoms with Gasteiger partial charge < -0.3 is 17.7 Å². The van der Waals surface area contributed by atoms with Crippen LogP contribution in [-0.4, -0.2) is 19.1 Å². The summed E-state index contributed by atoms with van der Waals surface area (Å²) >= 11 is 33.9. The maximum absolute atomic E-state index is 5.94. The molecule has 0 spiro atoms. The van der Waals surface area contributed by atoms with E-state index in [1.807, 2.05) is 36.4 Å². The van der Waals surface area contributed by atoms with Gasteiger partial charge in [0.05, 0.1) is 23.3 Å². The number of hydrogen-bond donors (Lipinski definition) is 0. The molecule has 41 heavy (non-hydrogen) atoms. The molecule has 204 valence electrons. The van der Waals surface area contributed by atoms with Gasteiger partial charge in [-0.1, -0.05) is 74.9 Å². The molecule has 4 aromatic heterocycles. The van der Waals surface area contributed by atoms with Crippen molar-refractivity contribution < 1.29 is 17.7 Å². The maximum Gasteiger partial charge on any atom is 0.275 e. The minimum Gasteiger partial charge on any atom is -0.462 e. The van der Waals surface area contributed by atoms with Crippen LogP contribution < -0.4 is 0 Å². The summed E-state index contributed by atoms with van der Waals surface area (Å²) in [4.78, 5) is 0.958. The number of thiocarbonyl (C=S) groups is 2. The zero-order chi connectivity index (χ0) is 29.1. The van der Waals surface area contributed by atoms with Crippen LogP contribution in [0.25, 0.3) is 21.9 Å². The molecule has 0 saturated heterocycles. The van der Waals surface area contributed by atoms with Crippen molar-refractivity contribution in [2.75, 3.05) is 0 Å². The number of furan rings is 2. The van der Waals surface area contributed by atoms with E-state index in [2.05, 4.69) is 13.8 Å². The number of rotatable bonds is 4. The topological polar surface area (TPSA) is 62.4 Å². The second kappa shape index (κ2) is 10.5. The van der Waals surface area contributed by atoms with Crippen LogP contribution >= 0.6 is 73.3 Å². The summed E-state index contributed by atoms with van der Waals surface area (Å²) in [6, 6.07) is 18.7. The first-order valence-electron chi connectivity index (χ1n) is 12.1. The van der Waals surface area contributed by atoms with Gasteiger partial charge in [0.15, 0.2) is 21.5 Å². The Kier molecular flexibility index (Phi) is 7.17. The Morgan fingerprint density at radius 1 is 0.634 bits per heavy atom. The van der Waals surface area contributed by atoms with E-state index in [0.717, 1.165) is 11.1 Å². The molecule has 0 unspecified atom stereocenters. The number of fused-ring (bicyclic) bond motifs is 2. The minimum absolute atomic E-state index is 0.147. The smallest absolute Gasteiger partial charge is 0.275 e. The summed E-state index contributed by atoms with van der Waals surface area (Å²) in [5.74, 6) is 0.945. The molecule has 0 aliphatic rings. The van der Waals surface area contributed by atoms with Gasteiger partial charge in [-0.2, -0.15) is 0 Å². The van der Waals surface area contributed by atoms with E-state index >= 15 is 0 Å². The molecule has 0 saturated carbocycles. The molecule has 0 amide bonds. The van der Waals surface area contributed by atoms with Crippen LogP contribution in [0.5, 0.6) is 0 Å². The highest BCUT2D eigenvalue weighted by Crippen LogP contribution is 2.35. The van der Waals surface area contributed by atoms with Gasteiger partial charge in [0.2, 0.25) is 0 Å². The third-order valence-electron chi connectivity index (χ3n) is 6.90. The molecule has 0 N–H and O–H groups in total. The van der Waals surface area contributed by atoms with E-state index in [4.69, 9.17) is 91.0 Å². The fourth-order valence-corrected chi connectivity index (χ4v) is 6.71. The van der Waals surface area contributed by atoms with Gasteiger partial charge in [0, 0.05) is 5.41 Å². The Hall–Kier alpha value is -3.26. The Morgan fingerprint density at radius 2 is 1.05 bits per heavy atom. The molecule has 12 heteroatoms. The molecule has 6 aromatic rings. The van der Waals surface area contributed by atoms with Crippen molar-refractivity contribution in [3.63, 3.8) is 0 Å². The lowest BCUT2D eigenvalue weighted by atomic mass is 9.77. The highest BCUT2D eigenvalue weighted by atomic mass is 32.1. The highest BCUT2D eigenvalue weighted by Gasteiger charge is 2.26. The molecular weight excluding hydrogens is 633 g/mol. The Morgan fingerprint density at radius 3 is 1.41 bits per heavy atom. The molecule has 6 nitrogen and oxygen atoms in total. The van der Waals surface area contributed by atoms with E-state index < -0.39 is 5.41 Å². The molecule has 0 aliphatic carbocycles. The zero-order valence-corrected chi connectivity index (χ0v) is 26.3. The summed E-state index contributed by atoms with van der Waals surface area (Å²) in [7, 11) is 0. The third kappa shape index (κ3) is 4.74. The molecule has 2 aromatic carbocycles. The van der Waals surface area contributed by atoms with Crippen LogP contribution in [0.2, 0.25) is 0 Å². The van der Waals surface area contributed by atoms with Crippen molar-refractivity contribution in [1.29, 1.82) is 0 Å². The van der Waals surface area contributed by atoms with Gasteiger partial charge in [-0.25, -0.2) is 9.13 Å². The van der Waals surface area contributed by atoms with Crippen LogP contribution in [0.4, 0.5) is 0 Å².